The fourth-order valence-corrected chi connectivity index (χ4v) is 5.90. The maximum atomic E-state index is 13.7. The van der Waals surface area contributed by atoms with Crippen LogP contribution in [0.2, 0.25) is 0 Å². The number of rotatable bonds is 3. The van der Waals surface area contributed by atoms with Gasteiger partial charge in [0.05, 0.1) is 10.4 Å². The lowest BCUT2D eigenvalue weighted by Crippen LogP contribution is -2.15. The van der Waals surface area contributed by atoms with Crippen molar-refractivity contribution in [1.29, 1.82) is 0 Å². The van der Waals surface area contributed by atoms with E-state index in [0.29, 0.717) is 11.3 Å². The van der Waals surface area contributed by atoms with E-state index in [-0.39, 0.29) is 0 Å². The van der Waals surface area contributed by atoms with Crippen LogP contribution in [0.4, 0.5) is 0 Å². The zero-order valence-electron chi connectivity index (χ0n) is 16.4. The summed E-state index contributed by atoms with van der Waals surface area (Å²) in [7, 11) is -3.70. The van der Waals surface area contributed by atoms with Gasteiger partial charge < -0.3 is 0 Å². The van der Waals surface area contributed by atoms with E-state index in [0.717, 1.165) is 38.9 Å². The molecule has 0 unspecified atom stereocenters. The Morgan fingerprint density at radius 1 is 0.793 bits per heavy atom. The quantitative estimate of drug-likeness (QED) is 0.452. The first-order valence-corrected chi connectivity index (χ1v) is 11.1. The van der Waals surface area contributed by atoms with Gasteiger partial charge in [-0.15, -0.1) is 0 Å². The first kappa shape index (κ1) is 18.0. The molecule has 4 aromatic rings. The average molecular weight is 400 g/mol. The van der Waals surface area contributed by atoms with Gasteiger partial charge in [-0.1, -0.05) is 71.8 Å². The van der Waals surface area contributed by atoms with Crippen molar-refractivity contribution in [3.05, 3.63) is 107 Å². The van der Waals surface area contributed by atoms with E-state index in [1.165, 1.54) is 5.57 Å². The third-order valence-electron chi connectivity index (χ3n) is 5.66. The van der Waals surface area contributed by atoms with Crippen LogP contribution < -0.4 is 0 Å². The number of benzene rings is 3. The van der Waals surface area contributed by atoms with Gasteiger partial charge in [-0.05, 0) is 43.2 Å². The van der Waals surface area contributed by atoms with Crippen LogP contribution in [0, 0.1) is 6.92 Å². The second-order valence-electron chi connectivity index (χ2n) is 7.62. The summed E-state index contributed by atoms with van der Waals surface area (Å²) in [4.78, 5) is 0.317. The van der Waals surface area contributed by atoms with Gasteiger partial charge in [0, 0.05) is 23.1 Å². The van der Waals surface area contributed by atoms with Crippen molar-refractivity contribution in [1.82, 2.24) is 3.97 Å². The van der Waals surface area contributed by atoms with Gasteiger partial charge in [0.1, 0.15) is 0 Å². The van der Waals surface area contributed by atoms with E-state index in [2.05, 4.69) is 19.1 Å². The summed E-state index contributed by atoms with van der Waals surface area (Å²) in [5.41, 5.74) is 7.13. The molecule has 0 N–H and O–H groups in total. The third-order valence-corrected chi connectivity index (χ3v) is 7.42. The molecule has 3 aromatic carbocycles. The first-order valence-electron chi connectivity index (χ1n) is 9.68. The molecule has 5 rings (SSSR count). The molecule has 0 atom stereocenters. The molecule has 3 nitrogen and oxygen atoms in total. The monoisotopic (exact) mass is 399 g/mol. The molecule has 0 aliphatic heterocycles. The molecular formula is C25H21NO2S. The van der Waals surface area contributed by atoms with Crippen LogP contribution in [0.25, 0.3) is 16.5 Å². The van der Waals surface area contributed by atoms with E-state index in [9.17, 15) is 8.42 Å². The minimum Gasteiger partial charge on any atom is -0.237 e. The molecule has 1 aliphatic carbocycles. The van der Waals surface area contributed by atoms with Gasteiger partial charge in [0.15, 0.2) is 0 Å². The molecule has 0 bridgehead atoms. The number of aryl methyl sites for hydroxylation is 1. The van der Waals surface area contributed by atoms with E-state index >= 15 is 0 Å². The molecule has 144 valence electrons. The number of nitrogens with zero attached hydrogens (tertiary/aromatic N) is 1. The highest BCUT2D eigenvalue weighted by Gasteiger charge is 2.32. The molecule has 29 heavy (non-hydrogen) atoms. The Kier molecular flexibility index (Phi) is 4.00. The van der Waals surface area contributed by atoms with Crippen molar-refractivity contribution in [3.63, 3.8) is 0 Å². The van der Waals surface area contributed by atoms with Gasteiger partial charge in [-0.2, -0.15) is 0 Å². The standard InChI is InChI=1S/C25H21NO2S/c1-17-12-14-20(15-13-17)29(27,28)26-22-11-7-6-10-21(22)25-23(26)16-18(2)24(25)19-8-4-3-5-9-19/h3-15H,16H2,1-2H3. The fourth-order valence-electron chi connectivity index (χ4n) is 4.34. The lowest BCUT2D eigenvalue weighted by molar-refractivity contribution is 0.587. The van der Waals surface area contributed by atoms with E-state index in [4.69, 9.17) is 0 Å². The number of para-hydroxylation sites is 1. The third kappa shape index (κ3) is 2.67. The SMILES string of the molecule is CC1=C(c2ccccc2)c2c(n(S(=O)(=O)c3ccc(C)cc3)c3ccccc23)C1. The van der Waals surface area contributed by atoms with Crippen LogP contribution in [0.5, 0.6) is 0 Å². The highest BCUT2D eigenvalue weighted by molar-refractivity contribution is 7.90. The van der Waals surface area contributed by atoms with Crippen molar-refractivity contribution in [2.24, 2.45) is 0 Å². The Bertz CT molecular complexity index is 1380. The molecule has 1 aliphatic rings. The van der Waals surface area contributed by atoms with Crippen LogP contribution in [-0.4, -0.2) is 12.4 Å². The van der Waals surface area contributed by atoms with Crippen LogP contribution in [0.1, 0.15) is 29.3 Å². The lowest BCUT2D eigenvalue weighted by atomic mass is 9.97. The van der Waals surface area contributed by atoms with Gasteiger partial charge in [0.2, 0.25) is 0 Å². The average Bonchev–Trinajstić information content (AvgIpc) is 3.21. The van der Waals surface area contributed by atoms with E-state index < -0.39 is 10.0 Å². The summed E-state index contributed by atoms with van der Waals surface area (Å²) in [5, 5.41) is 0.980. The van der Waals surface area contributed by atoms with Crippen LogP contribution in [0.15, 0.2) is 89.3 Å². The van der Waals surface area contributed by atoms with Crippen LogP contribution >= 0.6 is 0 Å². The van der Waals surface area contributed by atoms with Gasteiger partial charge in [0.25, 0.3) is 10.0 Å². The minimum atomic E-state index is -3.70. The molecule has 0 spiro atoms. The predicted molar refractivity (Wildman–Crippen MR) is 118 cm³/mol. The first-order chi connectivity index (χ1) is 14.0. The smallest absolute Gasteiger partial charge is 0.237 e. The van der Waals surface area contributed by atoms with E-state index in [1.807, 2.05) is 61.5 Å². The second kappa shape index (κ2) is 6.46. The number of aromatic nitrogens is 1. The molecule has 0 saturated heterocycles. The number of hydrogen-bond acceptors (Lipinski definition) is 2. The fraction of sp³-hybridized carbons (Fsp3) is 0.120. The molecular weight excluding hydrogens is 378 g/mol. The van der Waals surface area contributed by atoms with Crippen molar-refractivity contribution in [2.45, 2.75) is 25.2 Å². The molecule has 0 fully saturated rings. The number of fused-ring (bicyclic) bond motifs is 3. The molecule has 4 heteroatoms. The molecule has 1 aromatic heterocycles. The Balaban J connectivity index is 1.82. The van der Waals surface area contributed by atoms with Crippen molar-refractivity contribution in [2.75, 3.05) is 0 Å². The Morgan fingerprint density at radius 3 is 2.17 bits per heavy atom. The highest BCUT2D eigenvalue weighted by atomic mass is 32.2. The zero-order valence-corrected chi connectivity index (χ0v) is 17.2. The van der Waals surface area contributed by atoms with Gasteiger partial charge in [-0.3, -0.25) is 0 Å². The largest absolute Gasteiger partial charge is 0.268 e. The lowest BCUT2D eigenvalue weighted by Gasteiger charge is -2.11. The summed E-state index contributed by atoms with van der Waals surface area (Å²) in [6.07, 6.45) is 0.624. The Hall–Kier alpha value is -3.11. The van der Waals surface area contributed by atoms with Crippen LogP contribution in [0.3, 0.4) is 0 Å². The number of allylic oxidation sites excluding steroid dienone is 1. The maximum Gasteiger partial charge on any atom is 0.268 e. The van der Waals surface area contributed by atoms with Crippen molar-refractivity contribution in [3.8, 4) is 0 Å². The maximum absolute atomic E-state index is 13.7. The van der Waals surface area contributed by atoms with Crippen LogP contribution in [-0.2, 0) is 16.4 Å². The highest BCUT2D eigenvalue weighted by Crippen LogP contribution is 2.44. The normalized spacial score (nSPS) is 13.9. The molecule has 0 amide bonds. The summed E-state index contributed by atoms with van der Waals surface area (Å²) < 4.78 is 28.9. The summed E-state index contributed by atoms with van der Waals surface area (Å²) in [6, 6.07) is 25.1. The predicted octanol–water partition coefficient (Wildman–Crippen LogP) is 5.56. The van der Waals surface area contributed by atoms with Crippen molar-refractivity contribution >= 4 is 26.5 Å². The van der Waals surface area contributed by atoms with Gasteiger partial charge >= 0.3 is 0 Å². The topological polar surface area (TPSA) is 39.1 Å². The van der Waals surface area contributed by atoms with E-state index in [1.54, 1.807) is 16.1 Å². The molecule has 1 heterocycles. The molecule has 0 saturated carbocycles. The summed E-state index contributed by atoms with van der Waals surface area (Å²) >= 11 is 0. The Labute approximate surface area is 171 Å². The summed E-state index contributed by atoms with van der Waals surface area (Å²) in [6.45, 7) is 4.05. The zero-order chi connectivity index (χ0) is 20.2. The second-order valence-corrected chi connectivity index (χ2v) is 9.41. The molecule has 0 radical (unpaired) electrons. The van der Waals surface area contributed by atoms with Crippen molar-refractivity contribution < 1.29 is 8.42 Å². The summed E-state index contributed by atoms with van der Waals surface area (Å²) in [5.74, 6) is 0. The minimum absolute atomic E-state index is 0.317. The Morgan fingerprint density at radius 2 is 1.45 bits per heavy atom. The van der Waals surface area contributed by atoms with Gasteiger partial charge in [-0.25, -0.2) is 12.4 Å². The number of hydrogen-bond donors (Lipinski definition) is 0.